The number of ether oxygens (including phenoxy) is 1. The number of carbonyl (C=O) groups excluding carboxylic acids is 1. The molecule has 0 saturated heterocycles. The highest BCUT2D eigenvalue weighted by atomic mass is 35.5. The Morgan fingerprint density at radius 1 is 1.10 bits per heavy atom. The number of aromatic amines is 1. The molecule has 0 bridgehead atoms. The van der Waals surface area contributed by atoms with Crippen molar-refractivity contribution in [2.24, 2.45) is 5.73 Å². The van der Waals surface area contributed by atoms with Crippen molar-refractivity contribution in [2.45, 2.75) is 27.4 Å². The second-order valence-corrected chi connectivity index (χ2v) is 7.76. The number of nitrogens with zero attached hydrogens (tertiary/aromatic N) is 1. The maximum atomic E-state index is 12.2. The smallest absolute Gasteiger partial charge is 0.265 e. The lowest BCUT2D eigenvalue weighted by Crippen LogP contribution is -2.13. The zero-order chi connectivity index (χ0) is 21.4. The predicted molar refractivity (Wildman–Crippen MR) is 120 cm³/mol. The molecule has 1 amide bonds. The van der Waals surface area contributed by atoms with Crippen molar-refractivity contribution in [3.05, 3.63) is 81.6 Å². The van der Waals surface area contributed by atoms with E-state index in [1.165, 1.54) is 0 Å². The molecule has 30 heavy (non-hydrogen) atoms. The summed E-state index contributed by atoms with van der Waals surface area (Å²) in [6, 6.07) is 15.4. The van der Waals surface area contributed by atoms with Crippen molar-refractivity contribution >= 4 is 28.4 Å². The maximum absolute atomic E-state index is 12.2. The SMILES string of the molecule is Cc1nc(-c2c(C(N)=O)[nH]c3ccc(Cl)cc23)c(C)c(C)c1OCc1ccccc1. The number of halogens is 1. The Morgan fingerprint density at radius 3 is 2.53 bits per heavy atom. The van der Waals surface area contributed by atoms with Crippen LogP contribution >= 0.6 is 11.6 Å². The van der Waals surface area contributed by atoms with Crippen LogP contribution in [0.1, 0.15) is 32.9 Å². The van der Waals surface area contributed by atoms with Gasteiger partial charge >= 0.3 is 0 Å². The predicted octanol–water partition coefficient (Wildman–Crippen LogP) is 5.49. The molecular formula is C24H22ClN3O2. The lowest BCUT2D eigenvalue weighted by Gasteiger charge is -2.17. The fourth-order valence-corrected chi connectivity index (χ4v) is 3.87. The molecule has 6 heteroatoms. The molecule has 0 fully saturated rings. The Hall–Kier alpha value is -3.31. The average Bonchev–Trinajstić information content (AvgIpc) is 3.10. The number of amides is 1. The van der Waals surface area contributed by atoms with Crippen LogP contribution in [0.4, 0.5) is 0 Å². The Kier molecular flexibility index (Phi) is 5.22. The van der Waals surface area contributed by atoms with Crippen molar-refractivity contribution in [1.82, 2.24) is 9.97 Å². The Balaban J connectivity index is 1.84. The molecule has 2 aromatic heterocycles. The van der Waals surface area contributed by atoms with Crippen molar-refractivity contribution in [2.75, 3.05) is 0 Å². The lowest BCUT2D eigenvalue weighted by molar-refractivity contribution is 0.0997. The van der Waals surface area contributed by atoms with Gasteiger partial charge in [0, 0.05) is 21.5 Å². The first kappa shape index (κ1) is 20.0. The molecule has 0 saturated carbocycles. The molecular weight excluding hydrogens is 398 g/mol. The van der Waals surface area contributed by atoms with E-state index in [1.54, 1.807) is 6.07 Å². The van der Waals surface area contributed by atoms with Crippen molar-refractivity contribution in [1.29, 1.82) is 0 Å². The third-order valence-corrected chi connectivity index (χ3v) is 5.57. The molecule has 152 valence electrons. The Morgan fingerprint density at radius 2 is 1.83 bits per heavy atom. The van der Waals surface area contributed by atoms with E-state index in [2.05, 4.69) is 4.98 Å². The van der Waals surface area contributed by atoms with Gasteiger partial charge in [-0.25, -0.2) is 4.98 Å². The fraction of sp³-hybridized carbons (Fsp3) is 0.167. The fourth-order valence-electron chi connectivity index (χ4n) is 3.70. The maximum Gasteiger partial charge on any atom is 0.265 e. The van der Waals surface area contributed by atoms with E-state index in [0.717, 1.165) is 39.0 Å². The summed E-state index contributed by atoms with van der Waals surface area (Å²) in [5.74, 6) is 0.205. The van der Waals surface area contributed by atoms with Crippen LogP contribution in [0.5, 0.6) is 5.75 Å². The molecule has 0 aliphatic carbocycles. The average molecular weight is 420 g/mol. The summed E-state index contributed by atoms with van der Waals surface area (Å²) >= 11 is 6.22. The highest BCUT2D eigenvalue weighted by Crippen LogP contribution is 2.38. The monoisotopic (exact) mass is 419 g/mol. The zero-order valence-electron chi connectivity index (χ0n) is 17.0. The summed E-state index contributed by atoms with van der Waals surface area (Å²) in [6.07, 6.45) is 0. The third-order valence-electron chi connectivity index (χ3n) is 5.34. The van der Waals surface area contributed by atoms with Crippen LogP contribution in [0.2, 0.25) is 5.02 Å². The van der Waals surface area contributed by atoms with Gasteiger partial charge in [-0.1, -0.05) is 41.9 Å². The largest absolute Gasteiger partial charge is 0.487 e. The third kappa shape index (κ3) is 3.53. The molecule has 2 aromatic carbocycles. The van der Waals surface area contributed by atoms with Crippen LogP contribution in [0.3, 0.4) is 0 Å². The van der Waals surface area contributed by atoms with Gasteiger partial charge in [0.2, 0.25) is 0 Å². The van der Waals surface area contributed by atoms with Crippen LogP contribution < -0.4 is 10.5 Å². The van der Waals surface area contributed by atoms with E-state index in [9.17, 15) is 4.79 Å². The van der Waals surface area contributed by atoms with Crippen molar-refractivity contribution in [3.8, 4) is 17.0 Å². The van der Waals surface area contributed by atoms with Crippen LogP contribution in [-0.2, 0) is 6.61 Å². The normalized spacial score (nSPS) is 11.1. The minimum absolute atomic E-state index is 0.319. The number of benzene rings is 2. The quantitative estimate of drug-likeness (QED) is 0.449. The first-order valence-corrected chi connectivity index (χ1v) is 10.0. The molecule has 5 nitrogen and oxygen atoms in total. The van der Waals surface area contributed by atoms with Crippen LogP contribution in [-0.4, -0.2) is 15.9 Å². The lowest BCUT2D eigenvalue weighted by atomic mass is 9.98. The van der Waals surface area contributed by atoms with Gasteiger partial charge in [-0.05, 0) is 55.7 Å². The summed E-state index contributed by atoms with van der Waals surface area (Å²) < 4.78 is 6.11. The molecule has 0 atom stereocenters. The first-order chi connectivity index (χ1) is 14.4. The number of hydrogen-bond donors (Lipinski definition) is 2. The summed E-state index contributed by atoms with van der Waals surface area (Å²) in [5, 5.41) is 1.39. The van der Waals surface area contributed by atoms with E-state index in [0.29, 0.717) is 28.6 Å². The van der Waals surface area contributed by atoms with Gasteiger partial charge in [0.1, 0.15) is 18.1 Å². The summed E-state index contributed by atoms with van der Waals surface area (Å²) in [7, 11) is 0. The topological polar surface area (TPSA) is 81.0 Å². The van der Waals surface area contributed by atoms with E-state index < -0.39 is 5.91 Å². The minimum Gasteiger partial charge on any atom is -0.487 e. The van der Waals surface area contributed by atoms with Gasteiger partial charge in [0.25, 0.3) is 5.91 Å². The number of nitrogens with one attached hydrogen (secondary N) is 1. The van der Waals surface area contributed by atoms with Crippen molar-refractivity contribution in [3.63, 3.8) is 0 Å². The highest BCUT2D eigenvalue weighted by Gasteiger charge is 2.23. The number of aryl methyl sites for hydroxylation is 1. The summed E-state index contributed by atoms with van der Waals surface area (Å²) in [6.45, 7) is 6.33. The number of carbonyl (C=O) groups is 1. The van der Waals surface area contributed by atoms with Gasteiger partial charge in [-0.15, -0.1) is 0 Å². The number of nitrogens with two attached hydrogens (primary N) is 1. The summed E-state index contributed by atoms with van der Waals surface area (Å²) in [5.41, 5.74) is 11.9. The second kappa shape index (κ2) is 7.84. The number of primary amides is 1. The number of aromatic nitrogens is 2. The zero-order valence-corrected chi connectivity index (χ0v) is 17.8. The van der Waals surface area contributed by atoms with Gasteiger partial charge < -0.3 is 15.5 Å². The number of fused-ring (bicyclic) bond motifs is 1. The van der Waals surface area contributed by atoms with Gasteiger partial charge in [0.15, 0.2) is 0 Å². The van der Waals surface area contributed by atoms with Crippen molar-refractivity contribution < 1.29 is 9.53 Å². The number of rotatable bonds is 5. The van der Waals surface area contributed by atoms with Crippen LogP contribution in [0.25, 0.3) is 22.2 Å². The highest BCUT2D eigenvalue weighted by molar-refractivity contribution is 6.31. The minimum atomic E-state index is -0.543. The molecule has 4 aromatic rings. The molecule has 0 radical (unpaired) electrons. The molecule has 4 rings (SSSR count). The van der Waals surface area contributed by atoms with Gasteiger partial charge in [0.05, 0.1) is 11.4 Å². The molecule has 3 N–H and O–H groups in total. The number of H-pyrrole nitrogens is 1. The number of pyridine rings is 1. The van der Waals surface area contributed by atoms with Gasteiger partial charge in [-0.2, -0.15) is 0 Å². The Labute approximate surface area is 179 Å². The summed E-state index contributed by atoms with van der Waals surface area (Å²) in [4.78, 5) is 20.1. The Bertz CT molecular complexity index is 1260. The molecule has 0 aliphatic heterocycles. The molecule has 0 unspecified atom stereocenters. The van der Waals surface area contributed by atoms with E-state index in [-0.39, 0.29) is 0 Å². The first-order valence-electron chi connectivity index (χ1n) is 9.62. The van der Waals surface area contributed by atoms with E-state index in [4.69, 9.17) is 27.1 Å². The second-order valence-electron chi connectivity index (χ2n) is 7.33. The molecule has 0 spiro atoms. The van der Waals surface area contributed by atoms with E-state index in [1.807, 2.05) is 63.2 Å². The molecule has 2 heterocycles. The van der Waals surface area contributed by atoms with Gasteiger partial charge in [-0.3, -0.25) is 4.79 Å². The van der Waals surface area contributed by atoms with E-state index >= 15 is 0 Å². The standard InChI is InChI=1S/C24H22ClN3O2/c1-13-14(2)23(30-12-16-7-5-4-6-8-16)15(3)27-21(13)20-18-11-17(25)9-10-19(18)28-22(20)24(26)29/h4-11,28H,12H2,1-3H3,(H2,26,29). The van der Waals surface area contributed by atoms with Crippen LogP contribution in [0, 0.1) is 20.8 Å². The molecule has 0 aliphatic rings. The number of hydrogen-bond acceptors (Lipinski definition) is 3. The van der Waals surface area contributed by atoms with Crippen LogP contribution in [0.15, 0.2) is 48.5 Å².